The van der Waals surface area contributed by atoms with Gasteiger partial charge in [0.2, 0.25) is 0 Å². The smallest absolute Gasteiger partial charge is 0.306 e. The average molecular weight is 449 g/mol. The first-order valence-electron chi connectivity index (χ1n) is 11.5. The van der Waals surface area contributed by atoms with Gasteiger partial charge in [0.15, 0.2) is 0 Å². The molecule has 0 aliphatic rings. The van der Waals surface area contributed by atoms with Gasteiger partial charge in [-0.1, -0.05) is 66.2 Å². The number of carbonyl (C=O) groups is 2. The van der Waals surface area contributed by atoms with Crippen molar-refractivity contribution in [2.24, 2.45) is 11.8 Å². The van der Waals surface area contributed by atoms with Crippen molar-refractivity contribution in [2.45, 2.75) is 91.9 Å². The fraction of sp³-hybridized carbons (Fsp3) is 0.913. The Morgan fingerprint density at radius 1 is 0.724 bits per heavy atom. The Kier molecular flexibility index (Phi) is 20.6. The number of thioether (sulfide) groups is 2. The monoisotopic (exact) mass is 448 g/mol. The molecule has 2 atom stereocenters. The van der Waals surface area contributed by atoms with Gasteiger partial charge in [-0.05, 0) is 24.7 Å². The van der Waals surface area contributed by atoms with E-state index in [2.05, 4.69) is 27.7 Å². The Bertz CT molecular complexity index is 368. The van der Waals surface area contributed by atoms with Gasteiger partial charge in [-0.2, -0.15) is 23.5 Å². The van der Waals surface area contributed by atoms with Gasteiger partial charge in [-0.25, -0.2) is 0 Å². The van der Waals surface area contributed by atoms with Gasteiger partial charge in [-0.3, -0.25) is 9.59 Å². The van der Waals surface area contributed by atoms with E-state index in [1.807, 2.05) is 0 Å². The van der Waals surface area contributed by atoms with E-state index in [0.29, 0.717) is 37.9 Å². The van der Waals surface area contributed by atoms with Gasteiger partial charge in [0, 0.05) is 16.6 Å². The van der Waals surface area contributed by atoms with Crippen LogP contribution in [-0.2, 0) is 19.1 Å². The molecular weight excluding hydrogens is 404 g/mol. The molecule has 0 N–H and O–H groups in total. The lowest BCUT2D eigenvalue weighted by Crippen LogP contribution is -2.14. The van der Waals surface area contributed by atoms with Crippen LogP contribution < -0.4 is 0 Å². The van der Waals surface area contributed by atoms with E-state index in [1.165, 1.54) is 25.7 Å². The number of hydrogen-bond acceptors (Lipinski definition) is 6. The summed E-state index contributed by atoms with van der Waals surface area (Å²) in [5.74, 6) is 2.38. The van der Waals surface area contributed by atoms with Crippen LogP contribution in [0.4, 0.5) is 0 Å². The predicted octanol–water partition coefficient (Wildman–Crippen LogP) is 6.71. The molecule has 6 heteroatoms. The highest BCUT2D eigenvalue weighted by molar-refractivity contribution is 8.15. The third-order valence-electron chi connectivity index (χ3n) is 5.11. The largest absolute Gasteiger partial charge is 0.465 e. The van der Waals surface area contributed by atoms with E-state index in [1.54, 1.807) is 23.5 Å². The molecule has 0 spiro atoms. The Morgan fingerprint density at radius 3 is 1.48 bits per heavy atom. The maximum atomic E-state index is 11.8. The zero-order valence-corrected chi connectivity index (χ0v) is 20.8. The van der Waals surface area contributed by atoms with Crippen LogP contribution in [0.1, 0.15) is 91.9 Å². The van der Waals surface area contributed by atoms with E-state index < -0.39 is 0 Å². The summed E-state index contributed by atoms with van der Waals surface area (Å²) in [6.45, 7) is 9.82. The van der Waals surface area contributed by atoms with Gasteiger partial charge in [0.05, 0.1) is 26.1 Å². The molecule has 0 aliphatic carbocycles. The number of hydrogen-bond donors (Lipinski definition) is 0. The second kappa shape index (κ2) is 20.9. The minimum atomic E-state index is -0.0884. The second-order valence-corrected chi connectivity index (χ2v) is 10.2. The van der Waals surface area contributed by atoms with Crippen LogP contribution in [0, 0.1) is 11.8 Å². The van der Waals surface area contributed by atoms with Crippen molar-refractivity contribution in [1.82, 2.24) is 0 Å². The van der Waals surface area contributed by atoms with Crippen LogP contribution in [-0.4, -0.2) is 41.7 Å². The molecule has 0 saturated heterocycles. The Balaban J connectivity index is 3.59. The lowest BCUT2D eigenvalue weighted by atomic mass is 10.0. The summed E-state index contributed by atoms with van der Waals surface area (Å²) in [5, 5.41) is 0.892. The zero-order valence-electron chi connectivity index (χ0n) is 19.2. The number of rotatable bonds is 20. The fourth-order valence-corrected chi connectivity index (χ4v) is 4.89. The van der Waals surface area contributed by atoms with Crippen molar-refractivity contribution in [3.63, 3.8) is 0 Å². The van der Waals surface area contributed by atoms with Crippen LogP contribution in [0.3, 0.4) is 0 Å². The molecule has 4 nitrogen and oxygen atoms in total. The number of unbranched alkanes of at least 4 members (excludes halogenated alkanes) is 2. The normalized spacial score (nSPS) is 13.1. The zero-order chi connectivity index (χ0) is 21.7. The predicted molar refractivity (Wildman–Crippen MR) is 128 cm³/mol. The number of ether oxygens (including phenoxy) is 2. The number of carbonyl (C=O) groups excluding carboxylic acids is 2. The van der Waals surface area contributed by atoms with Gasteiger partial charge in [-0.15, -0.1) is 0 Å². The summed E-state index contributed by atoms with van der Waals surface area (Å²) in [6, 6.07) is 0. The van der Waals surface area contributed by atoms with E-state index in [0.717, 1.165) is 42.3 Å². The summed E-state index contributed by atoms with van der Waals surface area (Å²) < 4.78 is 10.8. The first-order chi connectivity index (χ1) is 14.1. The third kappa shape index (κ3) is 18.2. The molecule has 0 amide bonds. The van der Waals surface area contributed by atoms with Crippen molar-refractivity contribution < 1.29 is 19.1 Å². The molecule has 172 valence electrons. The van der Waals surface area contributed by atoms with Crippen LogP contribution >= 0.6 is 23.5 Å². The molecule has 0 aromatic heterocycles. The van der Waals surface area contributed by atoms with Gasteiger partial charge < -0.3 is 9.47 Å². The average Bonchev–Trinajstić information content (AvgIpc) is 2.73. The number of esters is 2. The molecule has 0 aromatic rings. The van der Waals surface area contributed by atoms with Crippen molar-refractivity contribution in [2.75, 3.05) is 29.8 Å². The Labute approximate surface area is 188 Å². The summed E-state index contributed by atoms with van der Waals surface area (Å²) in [7, 11) is 0. The first kappa shape index (κ1) is 28.6. The molecule has 0 fully saturated rings. The highest BCUT2D eigenvalue weighted by Crippen LogP contribution is 2.17. The molecule has 0 saturated carbocycles. The van der Waals surface area contributed by atoms with Gasteiger partial charge >= 0.3 is 11.9 Å². The van der Waals surface area contributed by atoms with Crippen LogP contribution in [0.2, 0.25) is 0 Å². The van der Waals surface area contributed by atoms with E-state index in [9.17, 15) is 9.59 Å². The molecule has 29 heavy (non-hydrogen) atoms. The molecule has 0 rings (SSSR count). The van der Waals surface area contributed by atoms with E-state index in [4.69, 9.17) is 9.47 Å². The topological polar surface area (TPSA) is 52.6 Å². The quantitative estimate of drug-likeness (QED) is 0.117. The summed E-state index contributed by atoms with van der Waals surface area (Å²) in [5.41, 5.74) is 0. The fourth-order valence-electron chi connectivity index (χ4n) is 2.85. The SMILES string of the molecule is CCCC[C@@H](CC)COC(=O)CCSCSCCC(=O)OC[C@H](CC)CCCC. The van der Waals surface area contributed by atoms with Crippen LogP contribution in [0.25, 0.3) is 0 Å². The van der Waals surface area contributed by atoms with Crippen LogP contribution in [0.15, 0.2) is 0 Å². The van der Waals surface area contributed by atoms with E-state index >= 15 is 0 Å². The lowest BCUT2D eigenvalue weighted by molar-refractivity contribution is -0.145. The third-order valence-corrected chi connectivity index (χ3v) is 7.43. The van der Waals surface area contributed by atoms with Crippen molar-refractivity contribution >= 4 is 35.5 Å². The first-order valence-corrected chi connectivity index (χ1v) is 13.8. The van der Waals surface area contributed by atoms with Crippen molar-refractivity contribution in [1.29, 1.82) is 0 Å². The molecule has 0 unspecified atom stereocenters. The van der Waals surface area contributed by atoms with Crippen molar-refractivity contribution in [3.05, 3.63) is 0 Å². The highest BCUT2D eigenvalue weighted by Gasteiger charge is 2.11. The summed E-state index contributed by atoms with van der Waals surface area (Å²) in [6.07, 6.45) is 10.1. The van der Waals surface area contributed by atoms with Gasteiger partial charge in [0.1, 0.15) is 0 Å². The molecule has 0 bridgehead atoms. The van der Waals surface area contributed by atoms with Crippen LogP contribution in [0.5, 0.6) is 0 Å². The maximum absolute atomic E-state index is 11.8. The molecule has 0 aliphatic heterocycles. The minimum absolute atomic E-state index is 0.0884. The lowest BCUT2D eigenvalue weighted by Gasteiger charge is -2.14. The maximum Gasteiger partial charge on any atom is 0.306 e. The van der Waals surface area contributed by atoms with E-state index in [-0.39, 0.29) is 11.9 Å². The van der Waals surface area contributed by atoms with Gasteiger partial charge in [0.25, 0.3) is 0 Å². The minimum Gasteiger partial charge on any atom is -0.465 e. The molecule has 0 heterocycles. The molecule has 0 aromatic carbocycles. The Morgan fingerprint density at radius 2 is 1.14 bits per heavy atom. The summed E-state index contributed by atoms with van der Waals surface area (Å²) >= 11 is 3.46. The van der Waals surface area contributed by atoms with Crippen molar-refractivity contribution in [3.8, 4) is 0 Å². The molecular formula is C23H44O4S2. The standard InChI is InChI=1S/C23H44O4S2/c1-5-9-11-20(7-3)17-26-22(24)13-15-28-19-29-16-14-23(25)27-18-21(8-4)12-10-6-2/h20-21H,5-19H2,1-4H3/t20-,21-/m1/s1. The Hall–Kier alpha value is -0.360. The second-order valence-electron chi connectivity index (χ2n) is 7.63. The highest BCUT2D eigenvalue weighted by atomic mass is 32.2. The summed E-state index contributed by atoms with van der Waals surface area (Å²) in [4.78, 5) is 23.7. The molecule has 0 radical (unpaired) electrons.